The van der Waals surface area contributed by atoms with Crippen LogP contribution in [0.15, 0.2) is 36.4 Å². The molecule has 4 N–H and O–H groups in total. The van der Waals surface area contributed by atoms with Crippen LogP contribution in [0.2, 0.25) is 0 Å². The zero-order valence-electron chi connectivity index (χ0n) is 15.7. The molecule has 6 nitrogen and oxygen atoms in total. The number of benzene rings is 2. The van der Waals surface area contributed by atoms with Crippen LogP contribution in [0, 0.1) is 20.8 Å². The van der Waals surface area contributed by atoms with Crippen LogP contribution < -0.4 is 21.3 Å². The molecular weight excluding hydrogens is 328 g/mol. The molecule has 0 aliphatic heterocycles. The van der Waals surface area contributed by atoms with Crippen LogP contribution in [0.5, 0.6) is 0 Å². The standard InChI is InChI=1S/C20H26N4O2/c1-13-5-6-16(9-14(13)2)11-17-7-8-18(10-15(17)3)24-20(26)23-12-22-19(25)21-4/h5-10H,11-12H2,1-4H3,(H2,21,22,25)(H2,23,24,26). The van der Waals surface area contributed by atoms with Crippen molar-refractivity contribution in [3.8, 4) is 0 Å². The van der Waals surface area contributed by atoms with Crippen LogP contribution >= 0.6 is 0 Å². The third-order valence-corrected chi connectivity index (χ3v) is 4.29. The third kappa shape index (κ3) is 5.51. The number of anilines is 1. The molecule has 0 saturated heterocycles. The highest BCUT2D eigenvalue weighted by atomic mass is 16.2. The molecule has 0 bridgehead atoms. The van der Waals surface area contributed by atoms with Gasteiger partial charge < -0.3 is 21.3 Å². The molecule has 6 heteroatoms. The van der Waals surface area contributed by atoms with E-state index in [0.717, 1.165) is 12.0 Å². The largest absolute Gasteiger partial charge is 0.341 e. The maximum absolute atomic E-state index is 11.8. The number of amides is 4. The lowest BCUT2D eigenvalue weighted by Gasteiger charge is -2.12. The number of aryl methyl sites for hydroxylation is 3. The molecule has 0 atom stereocenters. The van der Waals surface area contributed by atoms with E-state index in [4.69, 9.17) is 0 Å². The van der Waals surface area contributed by atoms with Crippen LogP contribution in [0.3, 0.4) is 0 Å². The first-order valence-corrected chi connectivity index (χ1v) is 8.55. The second kappa shape index (κ2) is 8.89. The summed E-state index contributed by atoms with van der Waals surface area (Å²) in [5, 5.41) is 10.2. The zero-order valence-corrected chi connectivity index (χ0v) is 15.7. The van der Waals surface area contributed by atoms with Gasteiger partial charge in [-0.25, -0.2) is 9.59 Å². The average molecular weight is 354 g/mol. The fourth-order valence-corrected chi connectivity index (χ4v) is 2.57. The molecule has 4 amide bonds. The highest BCUT2D eigenvalue weighted by molar-refractivity contribution is 5.89. The number of hydrogen-bond acceptors (Lipinski definition) is 2. The van der Waals surface area contributed by atoms with Crippen molar-refractivity contribution in [2.75, 3.05) is 19.0 Å². The van der Waals surface area contributed by atoms with Crippen LogP contribution in [0.4, 0.5) is 15.3 Å². The number of urea groups is 2. The topological polar surface area (TPSA) is 82.3 Å². The van der Waals surface area contributed by atoms with Crippen LogP contribution in [-0.4, -0.2) is 25.8 Å². The fourth-order valence-electron chi connectivity index (χ4n) is 2.57. The Morgan fingerprint density at radius 1 is 0.846 bits per heavy atom. The van der Waals surface area contributed by atoms with Gasteiger partial charge >= 0.3 is 12.1 Å². The van der Waals surface area contributed by atoms with Gasteiger partial charge in [0.1, 0.15) is 0 Å². The van der Waals surface area contributed by atoms with Gasteiger partial charge in [0, 0.05) is 12.7 Å². The van der Waals surface area contributed by atoms with E-state index in [2.05, 4.69) is 53.3 Å². The Morgan fingerprint density at radius 3 is 2.23 bits per heavy atom. The Morgan fingerprint density at radius 2 is 1.58 bits per heavy atom. The Balaban J connectivity index is 1.94. The molecule has 0 aliphatic rings. The number of rotatable bonds is 5. The van der Waals surface area contributed by atoms with Crippen molar-refractivity contribution in [1.82, 2.24) is 16.0 Å². The molecule has 0 fully saturated rings. The van der Waals surface area contributed by atoms with Gasteiger partial charge in [0.2, 0.25) is 0 Å². The van der Waals surface area contributed by atoms with E-state index >= 15 is 0 Å². The van der Waals surface area contributed by atoms with Crippen LogP contribution in [-0.2, 0) is 6.42 Å². The molecule has 2 aromatic rings. The van der Waals surface area contributed by atoms with Gasteiger partial charge in [0.05, 0.1) is 6.67 Å². The van der Waals surface area contributed by atoms with Gasteiger partial charge in [-0.3, -0.25) is 0 Å². The number of hydrogen-bond donors (Lipinski definition) is 4. The first-order chi connectivity index (χ1) is 12.4. The summed E-state index contributed by atoms with van der Waals surface area (Å²) in [5.74, 6) is 0. The molecule has 2 aromatic carbocycles. The summed E-state index contributed by atoms with van der Waals surface area (Å²) in [6.07, 6.45) is 0.857. The number of carbonyl (C=O) groups excluding carboxylic acids is 2. The smallest absolute Gasteiger partial charge is 0.320 e. The molecule has 0 spiro atoms. The minimum atomic E-state index is -0.372. The summed E-state index contributed by atoms with van der Waals surface area (Å²) in [7, 11) is 1.51. The summed E-state index contributed by atoms with van der Waals surface area (Å²) < 4.78 is 0. The van der Waals surface area contributed by atoms with Gasteiger partial charge in [-0.2, -0.15) is 0 Å². The minimum Gasteiger partial charge on any atom is -0.341 e. The Labute approximate surface area is 154 Å². The van der Waals surface area contributed by atoms with E-state index in [9.17, 15) is 9.59 Å². The Bertz CT molecular complexity index is 802. The molecule has 26 heavy (non-hydrogen) atoms. The quantitative estimate of drug-likeness (QED) is 0.622. The van der Waals surface area contributed by atoms with Gasteiger partial charge in [-0.1, -0.05) is 24.3 Å². The molecule has 0 unspecified atom stereocenters. The molecule has 0 aliphatic carbocycles. The second-order valence-electron chi connectivity index (χ2n) is 6.30. The van der Waals surface area contributed by atoms with E-state index in [1.807, 2.05) is 25.1 Å². The highest BCUT2D eigenvalue weighted by Crippen LogP contribution is 2.20. The molecule has 0 radical (unpaired) electrons. The summed E-state index contributed by atoms with van der Waals surface area (Å²) in [5.41, 5.74) is 6.91. The average Bonchev–Trinajstić information content (AvgIpc) is 2.60. The second-order valence-corrected chi connectivity index (χ2v) is 6.30. The van der Waals surface area contributed by atoms with E-state index < -0.39 is 0 Å². The lowest BCUT2D eigenvalue weighted by Crippen LogP contribution is -2.42. The maximum atomic E-state index is 11.8. The maximum Gasteiger partial charge on any atom is 0.320 e. The predicted molar refractivity (Wildman–Crippen MR) is 105 cm³/mol. The minimum absolute atomic E-state index is 0.0509. The SMILES string of the molecule is CNC(=O)NCNC(=O)Nc1ccc(Cc2ccc(C)c(C)c2)c(C)c1. The zero-order chi connectivity index (χ0) is 19.1. The molecule has 2 rings (SSSR count). The first-order valence-electron chi connectivity index (χ1n) is 8.55. The van der Waals surface area contributed by atoms with Crippen molar-refractivity contribution in [3.63, 3.8) is 0 Å². The number of nitrogens with one attached hydrogen (secondary N) is 4. The molecular formula is C20H26N4O2. The van der Waals surface area contributed by atoms with Crippen molar-refractivity contribution >= 4 is 17.7 Å². The Hall–Kier alpha value is -3.02. The van der Waals surface area contributed by atoms with Crippen molar-refractivity contribution in [2.45, 2.75) is 27.2 Å². The van der Waals surface area contributed by atoms with E-state index in [-0.39, 0.29) is 18.7 Å². The van der Waals surface area contributed by atoms with Gasteiger partial charge in [0.15, 0.2) is 0 Å². The van der Waals surface area contributed by atoms with Crippen molar-refractivity contribution < 1.29 is 9.59 Å². The molecule has 0 aromatic heterocycles. The predicted octanol–water partition coefficient (Wildman–Crippen LogP) is 3.21. The van der Waals surface area contributed by atoms with Gasteiger partial charge in [-0.05, 0) is 67.1 Å². The van der Waals surface area contributed by atoms with E-state index in [1.165, 1.54) is 29.3 Å². The lowest BCUT2D eigenvalue weighted by molar-refractivity contribution is 0.240. The first kappa shape index (κ1) is 19.3. The molecule has 0 heterocycles. The van der Waals surface area contributed by atoms with Crippen molar-refractivity contribution in [3.05, 3.63) is 64.2 Å². The van der Waals surface area contributed by atoms with Gasteiger partial charge in [0.25, 0.3) is 0 Å². The normalized spacial score (nSPS) is 10.2. The lowest BCUT2D eigenvalue weighted by atomic mass is 9.97. The van der Waals surface area contributed by atoms with Gasteiger partial charge in [-0.15, -0.1) is 0 Å². The van der Waals surface area contributed by atoms with Crippen molar-refractivity contribution in [2.24, 2.45) is 0 Å². The summed E-state index contributed by atoms with van der Waals surface area (Å²) in [6.45, 7) is 6.32. The third-order valence-electron chi connectivity index (χ3n) is 4.29. The van der Waals surface area contributed by atoms with E-state index in [0.29, 0.717) is 5.69 Å². The monoisotopic (exact) mass is 354 g/mol. The summed E-state index contributed by atoms with van der Waals surface area (Å²) in [4.78, 5) is 22.9. The van der Waals surface area contributed by atoms with E-state index in [1.54, 1.807) is 0 Å². The molecule has 138 valence electrons. The Kier molecular flexibility index (Phi) is 6.60. The fraction of sp³-hybridized carbons (Fsp3) is 0.300. The summed E-state index contributed by atoms with van der Waals surface area (Å²) in [6, 6.07) is 11.7. The molecule has 0 saturated carbocycles. The highest BCUT2D eigenvalue weighted by Gasteiger charge is 2.06. The number of carbonyl (C=O) groups is 2. The van der Waals surface area contributed by atoms with Crippen LogP contribution in [0.25, 0.3) is 0 Å². The van der Waals surface area contributed by atoms with Crippen molar-refractivity contribution in [1.29, 1.82) is 0 Å². The summed E-state index contributed by atoms with van der Waals surface area (Å²) >= 11 is 0. The van der Waals surface area contributed by atoms with Crippen LogP contribution in [0.1, 0.15) is 27.8 Å².